The monoisotopic (exact) mass is 384 g/mol. The Kier molecular flexibility index (Phi) is 10.3. The molecule has 0 bridgehead atoms. The molecule has 1 aromatic heterocycles. The van der Waals surface area contributed by atoms with Crippen LogP contribution >= 0.6 is 0 Å². The first-order chi connectivity index (χ1) is 13.8. The molecule has 5 nitrogen and oxygen atoms in total. The van der Waals surface area contributed by atoms with Crippen LogP contribution < -0.4 is 15.5 Å². The highest BCUT2D eigenvalue weighted by atomic mass is 16.9. The minimum absolute atomic E-state index is 0.559. The van der Waals surface area contributed by atoms with E-state index in [0.717, 1.165) is 30.8 Å². The van der Waals surface area contributed by atoms with E-state index in [9.17, 15) is 0 Å². The maximum absolute atomic E-state index is 5.53. The number of unbranched alkanes of at least 4 members (excludes halogenated alkanes) is 3. The number of nitrogens with zero attached hydrogens (tertiary/aromatic N) is 2. The molecule has 0 aliphatic rings. The lowest BCUT2D eigenvalue weighted by Gasteiger charge is -2.21. The predicted octanol–water partition coefficient (Wildman–Crippen LogP) is 4.37. The van der Waals surface area contributed by atoms with E-state index in [0.29, 0.717) is 13.2 Å². The van der Waals surface area contributed by atoms with Gasteiger partial charge in [-0.1, -0.05) is 30.7 Å². The molecular formula is C23H34N3O2+. The maximum Gasteiger partial charge on any atom is 0.169 e. The smallest absolute Gasteiger partial charge is 0.169 e. The van der Waals surface area contributed by atoms with Gasteiger partial charge in [0.15, 0.2) is 12.4 Å². The second-order valence-electron chi connectivity index (χ2n) is 6.59. The largest absolute Gasteiger partial charge is 0.330 e. The van der Waals surface area contributed by atoms with Gasteiger partial charge in [-0.15, -0.1) is 5.23 Å². The van der Waals surface area contributed by atoms with Crippen LogP contribution in [0.1, 0.15) is 50.7 Å². The zero-order chi connectivity index (χ0) is 20.0. The Bertz CT molecular complexity index is 678. The van der Waals surface area contributed by atoms with Crippen LogP contribution in [0.5, 0.6) is 0 Å². The summed E-state index contributed by atoms with van der Waals surface area (Å²) in [6.45, 7) is 6.86. The van der Waals surface area contributed by atoms with Crippen LogP contribution in [0.2, 0.25) is 0 Å². The van der Waals surface area contributed by atoms with Gasteiger partial charge < -0.3 is 5.73 Å². The lowest BCUT2D eigenvalue weighted by atomic mass is 10.1. The maximum atomic E-state index is 5.53. The van der Waals surface area contributed by atoms with Gasteiger partial charge in [-0.25, -0.2) is 14.2 Å². The van der Waals surface area contributed by atoms with Crippen LogP contribution in [0.15, 0.2) is 48.8 Å². The number of pyridine rings is 1. The second-order valence-corrected chi connectivity index (χ2v) is 6.59. The summed E-state index contributed by atoms with van der Waals surface area (Å²) in [6, 6.07) is 12.4. The molecule has 0 aliphatic heterocycles. The summed E-state index contributed by atoms with van der Waals surface area (Å²) in [5.41, 5.74) is 8.73. The summed E-state index contributed by atoms with van der Waals surface area (Å²) in [5, 5.41) is 1.47. The summed E-state index contributed by atoms with van der Waals surface area (Å²) in [5.74, 6) is 0. The van der Waals surface area contributed by atoms with Crippen LogP contribution in [0.25, 0.3) is 12.2 Å². The first-order valence-electron chi connectivity index (χ1n) is 10.3. The van der Waals surface area contributed by atoms with Crippen molar-refractivity contribution in [2.75, 3.05) is 25.0 Å². The quantitative estimate of drug-likeness (QED) is 0.316. The van der Waals surface area contributed by atoms with E-state index in [-0.39, 0.29) is 0 Å². The van der Waals surface area contributed by atoms with E-state index in [2.05, 4.69) is 53.4 Å². The van der Waals surface area contributed by atoms with Crippen LogP contribution in [-0.2, 0) is 16.2 Å². The zero-order valence-electron chi connectivity index (χ0n) is 17.2. The molecular weight excluding hydrogens is 350 g/mol. The molecule has 0 atom stereocenters. The van der Waals surface area contributed by atoms with Crippen LogP contribution in [0.3, 0.4) is 0 Å². The number of rotatable bonds is 13. The van der Waals surface area contributed by atoms with Gasteiger partial charge in [0.2, 0.25) is 0 Å². The van der Waals surface area contributed by atoms with Gasteiger partial charge in [-0.05, 0) is 56.5 Å². The molecule has 2 aromatic rings. The van der Waals surface area contributed by atoms with Crippen molar-refractivity contribution in [3.8, 4) is 0 Å². The number of nitrogens with two attached hydrogens (primary N) is 1. The molecule has 0 amide bonds. The lowest BCUT2D eigenvalue weighted by molar-refractivity contribution is -0.697. The second kappa shape index (κ2) is 13.0. The first-order valence-corrected chi connectivity index (χ1v) is 10.3. The van der Waals surface area contributed by atoms with Gasteiger partial charge in [-0.2, -0.15) is 0 Å². The number of benzene rings is 1. The Balaban J connectivity index is 1.87. The third-order valence-electron chi connectivity index (χ3n) is 4.35. The highest BCUT2D eigenvalue weighted by molar-refractivity contribution is 5.70. The fraction of sp³-hybridized carbons (Fsp3) is 0.435. The zero-order valence-corrected chi connectivity index (χ0v) is 17.2. The van der Waals surface area contributed by atoms with Gasteiger partial charge >= 0.3 is 0 Å². The summed E-state index contributed by atoms with van der Waals surface area (Å²) >= 11 is 0. The van der Waals surface area contributed by atoms with Crippen molar-refractivity contribution in [1.82, 2.24) is 0 Å². The molecule has 0 spiro atoms. The highest BCUT2D eigenvalue weighted by Crippen LogP contribution is 2.17. The third-order valence-corrected chi connectivity index (χ3v) is 4.35. The Labute approximate surface area is 169 Å². The predicted molar refractivity (Wildman–Crippen MR) is 115 cm³/mol. The van der Waals surface area contributed by atoms with E-state index in [1.165, 1.54) is 30.1 Å². The van der Waals surface area contributed by atoms with E-state index >= 15 is 0 Å². The van der Waals surface area contributed by atoms with E-state index in [4.69, 9.17) is 15.4 Å². The molecule has 2 N–H and O–H groups in total. The summed E-state index contributed by atoms with van der Waals surface area (Å²) in [6.07, 6.45) is 13.3. The SMILES string of the molecule is CCON(OCC)c1ccc(C=Cc2cc[n+](CCCCCCN)cc2)cc1. The number of aryl methyl sites for hydroxylation is 1. The molecule has 1 heterocycles. The number of hydrogen-bond acceptors (Lipinski definition) is 4. The van der Waals surface area contributed by atoms with Gasteiger partial charge in [0.1, 0.15) is 6.54 Å². The molecule has 0 saturated heterocycles. The molecule has 0 saturated carbocycles. The average molecular weight is 385 g/mol. The number of aromatic nitrogens is 1. The van der Waals surface area contributed by atoms with Crippen LogP contribution in [0.4, 0.5) is 5.69 Å². The van der Waals surface area contributed by atoms with Crippen molar-refractivity contribution in [2.45, 2.75) is 46.1 Å². The topological polar surface area (TPSA) is 51.6 Å². The molecule has 28 heavy (non-hydrogen) atoms. The minimum atomic E-state index is 0.559. The van der Waals surface area contributed by atoms with Crippen LogP contribution in [-0.4, -0.2) is 19.8 Å². The minimum Gasteiger partial charge on any atom is -0.330 e. The van der Waals surface area contributed by atoms with Gasteiger partial charge in [0.25, 0.3) is 0 Å². The van der Waals surface area contributed by atoms with E-state index in [1.54, 1.807) is 0 Å². The van der Waals surface area contributed by atoms with Crippen molar-refractivity contribution >= 4 is 17.8 Å². The number of hydrogen-bond donors (Lipinski definition) is 1. The summed E-state index contributed by atoms with van der Waals surface area (Å²) in [4.78, 5) is 11.0. The Morgan fingerprint density at radius 2 is 1.39 bits per heavy atom. The molecule has 0 radical (unpaired) electrons. The Morgan fingerprint density at radius 1 is 0.821 bits per heavy atom. The third kappa shape index (κ3) is 7.80. The molecule has 5 heteroatoms. The van der Waals surface area contributed by atoms with Gasteiger partial charge in [0.05, 0.1) is 18.9 Å². The molecule has 0 unspecified atom stereocenters. The standard InChI is InChI=1S/C23H34N3O2/c1-3-27-26(28-4-2)23-13-11-21(12-14-23)9-10-22-15-19-25(20-16-22)18-8-6-5-7-17-24/h9-16,19-20H,3-8,17-18,24H2,1-2H3/q+1. The highest BCUT2D eigenvalue weighted by Gasteiger charge is 2.06. The molecule has 2 rings (SSSR count). The molecule has 152 valence electrons. The fourth-order valence-corrected chi connectivity index (χ4v) is 2.84. The normalized spacial score (nSPS) is 11.2. The van der Waals surface area contributed by atoms with Crippen molar-refractivity contribution < 1.29 is 14.2 Å². The Hall–Kier alpha value is -2.21. The van der Waals surface area contributed by atoms with Crippen molar-refractivity contribution in [3.05, 3.63) is 59.9 Å². The first kappa shape index (κ1) is 22.1. The van der Waals surface area contributed by atoms with Crippen molar-refractivity contribution in [1.29, 1.82) is 0 Å². The van der Waals surface area contributed by atoms with Crippen molar-refractivity contribution in [3.63, 3.8) is 0 Å². The van der Waals surface area contributed by atoms with Crippen LogP contribution in [0, 0.1) is 0 Å². The van der Waals surface area contributed by atoms with Gasteiger partial charge in [-0.3, -0.25) is 0 Å². The number of anilines is 1. The van der Waals surface area contributed by atoms with Gasteiger partial charge in [0, 0.05) is 18.6 Å². The summed E-state index contributed by atoms with van der Waals surface area (Å²) in [7, 11) is 0. The van der Waals surface area contributed by atoms with Crippen molar-refractivity contribution in [2.24, 2.45) is 5.73 Å². The molecule has 1 aromatic carbocycles. The summed E-state index contributed by atoms with van der Waals surface area (Å²) < 4.78 is 2.24. The fourth-order valence-electron chi connectivity index (χ4n) is 2.84. The molecule has 0 aliphatic carbocycles. The molecule has 0 fully saturated rings. The van der Waals surface area contributed by atoms with E-state index < -0.39 is 0 Å². The lowest BCUT2D eigenvalue weighted by Crippen LogP contribution is -2.32. The Morgan fingerprint density at radius 3 is 1.96 bits per heavy atom. The van der Waals surface area contributed by atoms with E-state index in [1.807, 2.05) is 26.0 Å². The average Bonchev–Trinajstić information content (AvgIpc) is 2.73.